The monoisotopic (exact) mass is 279 g/mol. The molecule has 0 atom stereocenters. The minimum Gasteiger partial charge on any atom is -0.477 e. The summed E-state index contributed by atoms with van der Waals surface area (Å²) in [6, 6.07) is 7.38. The maximum absolute atomic E-state index is 10.9. The average Bonchev–Trinajstić information content (AvgIpc) is 2.77. The normalized spacial score (nSPS) is 10.2. The van der Waals surface area contributed by atoms with E-state index >= 15 is 0 Å². The zero-order chi connectivity index (χ0) is 14.0. The molecule has 0 amide bonds. The number of hydrogen-bond donors (Lipinski definition) is 1. The van der Waals surface area contributed by atoms with Crippen LogP contribution in [0, 0.1) is 17.0 Å². The Morgan fingerprint density at radius 3 is 2.68 bits per heavy atom. The summed E-state index contributed by atoms with van der Waals surface area (Å²) >= 11 is 0.918. The molecule has 0 spiro atoms. The molecule has 2 rings (SSSR count). The molecule has 0 saturated carbocycles. The highest BCUT2D eigenvalue weighted by Crippen LogP contribution is 2.35. The smallest absolute Gasteiger partial charge is 0.345 e. The van der Waals surface area contributed by atoms with Gasteiger partial charge in [0.05, 0.1) is 4.92 Å². The molecule has 7 heteroatoms. The fourth-order valence-corrected chi connectivity index (χ4v) is 2.16. The summed E-state index contributed by atoms with van der Waals surface area (Å²) in [5.41, 5.74) is 0.659. The third-order valence-corrected chi connectivity index (χ3v) is 3.27. The van der Waals surface area contributed by atoms with Crippen LogP contribution in [0.15, 0.2) is 30.3 Å². The van der Waals surface area contributed by atoms with Crippen molar-refractivity contribution in [3.05, 3.63) is 50.9 Å². The number of ether oxygens (including phenoxy) is 1. The van der Waals surface area contributed by atoms with Gasteiger partial charge >= 0.3 is 11.7 Å². The fourth-order valence-electron chi connectivity index (χ4n) is 1.45. The van der Waals surface area contributed by atoms with Crippen LogP contribution in [0.25, 0.3) is 0 Å². The molecule has 1 aromatic carbocycles. The third kappa shape index (κ3) is 2.89. The summed E-state index contributed by atoms with van der Waals surface area (Å²) < 4.78 is 5.40. The number of aryl methyl sites for hydroxylation is 1. The molecule has 1 heterocycles. The molecule has 0 saturated heterocycles. The largest absolute Gasteiger partial charge is 0.477 e. The van der Waals surface area contributed by atoms with Crippen molar-refractivity contribution in [2.75, 3.05) is 0 Å². The second kappa shape index (κ2) is 5.07. The van der Waals surface area contributed by atoms with Crippen LogP contribution in [0.5, 0.6) is 10.8 Å². The Bertz CT molecular complexity index is 649. The van der Waals surface area contributed by atoms with Crippen molar-refractivity contribution >= 4 is 23.0 Å². The third-order valence-electron chi connectivity index (χ3n) is 2.31. The molecule has 0 radical (unpaired) electrons. The van der Waals surface area contributed by atoms with Crippen LogP contribution >= 0.6 is 11.3 Å². The van der Waals surface area contributed by atoms with Gasteiger partial charge in [0.1, 0.15) is 4.88 Å². The number of nitrogens with zero attached hydrogens (tertiary/aromatic N) is 1. The summed E-state index contributed by atoms with van der Waals surface area (Å²) in [7, 11) is 0. The molecule has 0 unspecified atom stereocenters. The highest BCUT2D eigenvalue weighted by Gasteiger charge is 2.17. The quantitative estimate of drug-likeness (QED) is 0.683. The summed E-state index contributed by atoms with van der Waals surface area (Å²) in [5.74, 6) is -0.956. The van der Waals surface area contributed by atoms with E-state index in [1.54, 1.807) is 13.0 Å². The lowest BCUT2D eigenvalue weighted by atomic mass is 10.2. The van der Waals surface area contributed by atoms with Crippen molar-refractivity contribution in [3.63, 3.8) is 0 Å². The summed E-state index contributed by atoms with van der Waals surface area (Å²) in [6.45, 7) is 1.79. The minimum atomic E-state index is -1.06. The van der Waals surface area contributed by atoms with E-state index < -0.39 is 10.9 Å². The maximum atomic E-state index is 10.9. The molecule has 98 valence electrons. The second-order valence-electron chi connectivity index (χ2n) is 3.75. The second-order valence-corrected chi connectivity index (χ2v) is 4.80. The van der Waals surface area contributed by atoms with E-state index in [1.165, 1.54) is 24.3 Å². The van der Waals surface area contributed by atoms with Gasteiger partial charge in [0.25, 0.3) is 0 Å². The summed E-state index contributed by atoms with van der Waals surface area (Å²) in [5, 5.41) is 20.0. The number of rotatable bonds is 4. The van der Waals surface area contributed by atoms with Crippen LogP contribution < -0.4 is 4.74 Å². The number of carboxylic acids is 1. The summed E-state index contributed by atoms with van der Waals surface area (Å²) in [6.07, 6.45) is 0. The number of aromatic carboxylic acids is 1. The van der Waals surface area contributed by atoms with Crippen LogP contribution in [-0.2, 0) is 0 Å². The van der Waals surface area contributed by atoms with E-state index in [0.29, 0.717) is 5.06 Å². The van der Waals surface area contributed by atoms with Crippen LogP contribution in [0.2, 0.25) is 0 Å². The minimum absolute atomic E-state index is 0.101. The molecular formula is C12H9NO5S. The average molecular weight is 279 g/mol. The molecule has 6 nitrogen and oxygen atoms in total. The zero-order valence-electron chi connectivity index (χ0n) is 9.82. The van der Waals surface area contributed by atoms with E-state index in [-0.39, 0.29) is 16.3 Å². The number of carboxylic acid groups (broad SMARTS) is 1. The SMILES string of the molecule is Cc1ccc([N+](=O)[O-])c(Oc2ccc(C(=O)O)s2)c1. The van der Waals surface area contributed by atoms with E-state index in [2.05, 4.69) is 0 Å². The summed E-state index contributed by atoms with van der Waals surface area (Å²) in [4.78, 5) is 21.2. The Hall–Kier alpha value is -2.41. The molecular weight excluding hydrogens is 270 g/mol. The first-order valence-corrected chi connectivity index (χ1v) is 6.05. The fraction of sp³-hybridized carbons (Fsp3) is 0.0833. The highest BCUT2D eigenvalue weighted by atomic mass is 32.1. The molecule has 0 aliphatic heterocycles. The number of nitro benzene ring substituents is 1. The van der Waals surface area contributed by atoms with Gasteiger partial charge in [-0.15, -0.1) is 0 Å². The Morgan fingerprint density at radius 2 is 2.11 bits per heavy atom. The molecule has 19 heavy (non-hydrogen) atoms. The predicted octanol–water partition coefficient (Wildman–Crippen LogP) is 3.46. The van der Waals surface area contributed by atoms with Crippen molar-refractivity contribution in [1.29, 1.82) is 0 Å². The van der Waals surface area contributed by atoms with Crippen molar-refractivity contribution < 1.29 is 19.6 Å². The van der Waals surface area contributed by atoms with Gasteiger partial charge in [-0.3, -0.25) is 10.1 Å². The van der Waals surface area contributed by atoms with Gasteiger partial charge in [0, 0.05) is 6.07 Å². The highest BCUT2D eigenvalue weighted by molar-refractivity contribution is 7.15. The lowest BCUT2D eigenvalue weighted by Crippen LogP contribution is -1.93. The van der Waals surface area contributed by atoms with Crippen LogP contribution in [0.4, 0.5) is 5.69 Å². The van der Waals surface area contributed by atoms with E-state index in [4.69, 9.17) is 9.84 Å². The molecule has 1 N–H and O–H groups in total. The van der Waals surface area contributed by atoms with Gasteiger partial charge in [-0.25, -0.2) is 4.79 Å². The Kier molecular flexibility index (Phi) is 3.48. The lowest BCUT2D eigenvalue weighted by Gasteiger charge is -2.04. The van der Waals surface area contributed by atoms with Gasteiger partial charge in [-0.1, -0.05) is 17.4 Å². The van der Waals surface area contributed by atoms with Gasteiger partial charge < -0.3 is 9.84 Å². The van der Waals surface area contributed by atoms with Gasteiger partial charge in [0.2, 0.25) is 5.75 Å². The lowest BCUT2D eigenvalue weighted by molar-refractivity contribution is -0.385. The first-order valence-electron chi connectivity index (χ1n) is 5.23. The number of thiophene rings is 1. The van der Waals surface area contributed by atoms with Crippen molar-refractivity contribution in [1.82, 2.24) is 0 Å². The zero-order valence-corrected chi connectivity index (χ0v) is 10.6. The number of hydrogen-bond acceptors (Lipinski definition) is 5. The molecule has 0 aliphatic carbocycles. The van der Waals surface area contributed by atoms with Crippen LogP contribution in [-0.4, -0.2) is 16.0 Å². The Labute approximate surface area is 112 Å². The Balaban J connectivity index is 2.33. The number of carbonyl (C=O) groups is 1. The van der Waals surface area contributed by atoms with E-state index in [0.717, 1.165) is 16.9 Å². The first kappa shape index (κ1) is 13.0. The first-order chi connectivity index (χ1) is 8.97. The Morgan fingerprint density at radius 1 is 1.37 bits per heavy atom. The van der Waals surface area contributed by atoms with Crippen molar-refractivity contribution in [3.8, 4) is 10.8 Å². The van der Waals surface area contributed by atoms with Gasteiger partial charge in [-0.2, -0.15) is 0 Å². The number of nitro groups is 1. The molecule has 0 fully saturated rings. The number of benzene rings is 1. The predicted molar refractivity (Wildman–Crippen MR) is 69.2 cm³/mol. The van der Waals surface area contributed by atoms with Crippen LogP contribution in [0.1, 0.15) is 15.2 Å². The van der Waals surface area contributed by atoms with Crippen molar-refractivity contribution in [2.24, 2.45) is 0 Å². The molecule has 0 aliphatic rings. The van der Waals surface area contributed by atoms with Crippen LogP contribution in [0.3, 0.4) is 0 Å². The van der Waals surface area contributed by atoms with E-state index in [9.17, 15) is 14.9 Å². The molecule has 1 aromatic heterocycles. The maximum Gasteiger partial charge on any atom is 0.345 e. The van der Waals surface area contributed by atoms with Gasteiger partial charge in [-0.05, 0) is 30.7 Å². The molecule has 2 aromatic rings. The van der Waals surface area contributed by atoms with Crippen molar-refractivity contribution in [2.45, 2.75) is 6.92 Å². The van der Waals surface area contributed by atoms with Gasteiger partial charge in [0.15, 0.2) is 5.06 Å². The molecule has 0 bridgehead atoms. The topological polar surface area (TPSA) is 89.7 Å². The standard InChI is InChI=1S/C12H9NO5S/c1-7-2-3-8(13(16)17)9(6-7)18-11-5-4-10(19-11)12(14)15/h2-6H,1H3,(H,14,15). The van der Waals surface area contributed by atoms with E-state index in [1.807, 2.05) is 0 Å².